The number of hydrogen-bond acceptors (Lipinski definition) is 1. The predicted octanol–water partition coefficient (Wildman–Crippen LogP) is 1.16. The zero-order chi connectivity index (χ0) is 7.35. The van der Waals surface area contributed by atoms with Gasteiger partial charge < -0.3 is 5.32 Å². The molecule has 0 aromatic rings. The van der Waals surface area contributed by atoms with E-state index in [2.05, 4.69) is 5.32 Å². The van der Waals surface area contributed by atoms with Crippen molar-refractivity contribution in [3.8, 4) is 0 Å². The first-order valence-electron chi connectivity index (χ1n) is 3.41. The van der Waals surface area contributed by atoms with Gasteiger partial charge in [-0.15, -0.1) is 0 Å². The molecule has 1 nitrogen and oxygen atoms in total. The summed E-state index contributed by atoms with van der Waals surface area (Å²) in [5, 5.41) is 2.83. The van der Waals surface area contributed by atoms with Crippen molar-refractivity contribution in [2.75, 3.05) is 6.54 Å². The van der Waals surface area contributed by atoms with Crippen LogP contribution in [0.15, 0.2) is 0 Å². The van der Waals surface area contributed by atoms with E-state index in [4.69, 9.17) is 0 Å². The molecule has 0 aromatic carbocycles. The van der Waals surface area contributed by atoms with E-state index < -0.39 is 12.1 Å². The highest BCUT2D eigenvalue weighted by Gasteiger charge is 2.65. The third-order valence-electron chi connectivity index (χ3n) is 2.40. The van der Waals surface area contributed by atoms with Gasteiger partial charge in [0, 0.05) is 6.04 Å². The smallest absolute Gasteiger partial charge is 0.313 e. The van der Waals surface area contributed by atoms with Gasteiger partial charge in [-0.05, 0) is 18.9 Å². The Kier molecular flexibility index (Phi) is 1.08. The van der Waals surface area contributed by atoms with Crippen LogP contribution in [-0.4, -0.2) is 18.8 Å². The summed E-state index contributed by atoms with van der Waals surface area (Å²) in [5.74, 6) is -1.12. The molecule has 0 amide bonds. The molecule has 3 atom stereocenters. The van der Waals surface area contributed by atoms with Crippen LogP contribution in [0.1, 0.15) is 6.42 Å². The van der Waals surface area contributed by atoms with E-state index in [1.54, 1.807) is 0 Å². The predicted molar refractivity (Wildman–Crippen MR) is 29.4 cm³/mol. The molecule has 0 spiro atoms. The fourth-order valence-corrected chi connectivity index (χ4v) is 1.87. The number of nitrogens with one attached hydrogen (secondary N) is 1. The minimum absolute atomic E-state index is 0.0972. The molecule has 0 unspecified atom stereocenters. The second kappa shape index (κ2) is 1.67. The van der Waals surface area contributed by atoms with Crippen LogP contribution in [0, 0.1) is 11.8 Å². The van der Waals surface area contributed by atoms with Crippen molar-refractivity contribution in [1.29, 1.82) is 0 Å². The number of halogens is 3. The molecule has 4 heteroatoms. The summed E-state index contributed by atoms with van der Waals surface area (Å²) in [7, 11) is 0. The molecule has 1 heterocycles. The maximum absolute atomic E-state index is 11.9. The average Bonchev–Trinajstić information content (AvgIpc) is 2.30. The summed E-state index contributed by atoms with van der Waals surface area (Å²) in [6.45, 7) is 0.766. The van der Waals surface area contributed by atoms with Crippen LogP contribution in [0.4, 0.5) is 13.2 Å². The van der Waals surface area contributed by atoms with Crippen molar-refractivity contribution in [2.45, 2.75) is 18.6 Å². The van der Waals surface area contributed by atoms with Gasteiger partial charge in [0.15, 0.2) is 0 Å². The van der Waals surface area contributed by atoms with Crippen molar-refractivity contribution < 1.29 is 13.2 Å². The van der Waals surface area contributed by atoms with E-state index in [0.29, 0.717) is 6.42 Å². The maximum Gasteiger partial charge on any atom is 0.393 e. The Hall–Kier alpha value is -0.250. The topological polar surface area (TPSA) is 12.0 Å². The SMILES string of the molecule is FC(F)(F)[C@@H]1[C@H]2CCN[C@H]21. The van der Waals surface area contributed by atoms with Gasteiger partial charge in [-0.2, -0.15) is 13.2 Å². The number of hydrogen-bond donors (Lipinski definition) is 1. The molecule has 0 bridgehead atoms. The van der Waals surface area contributed by atoms with Gasteiger partial charge in [-0.1, -0.05) is 0 Å². The molecule has 0 radical (unpaired) electrons. The third kappa shape index (κ3) is 0.746. The lowest BCUT2D eigenvalue weighted by Crippen LogP contribution is -2.24. The van der Waals surface area contributed by atoms with Crippen molar-refractivity contribution in [1.82, 2.24) is 5.32 Å². The van der Waals surface area contributed by atoms with E-state index in [1.165, 1.54) is 0 Å². The van der Waals surface area contributed by atoms with Crippen LogP contribution < -0.4 is 5.32 Å². The highest BCUT2D eigenvalue weighted by atomic mass is 19.4. The Balaban J connectivity index is 2.01. The molecule has 58 valence electrons. The van der Waals surface area contributed by atoms with Gasteiger partial charge in [0.2, 0.25) is 0 Å². The molecule has 1 aliphatic carbocycles. The summed E-state index contributed by atoms with van der Waals surface area (Å²) in [5.41, 5.74) is 0. The van der Waals surface area contributed by atoms with E-state index in [0.717, 1.165) is 6.54 Å². The Labute approximate surface area is 56.6 Å². The monoisotopic (exact) mass is 151 g/mol. The van der Waals surface area contributed by atoms with Crippen LogP contribution in [0.5, 0.6) is 0 Å². The fraction of sp³-hybridized carbons (Fsp3) is 1.00. The highest BCUT2D eigenvalue weighted by molar-refractivity contribution is 5.10. The molecule has 2 fully saturated rings. The number of alkyl halides is 3. The second-order valence-electron chi connectivity index (χ2n) is 3.00. The lowest BCUT2D eigenvalue weighted by molar-refractivity contribution is -0.153. The summed E-state index contributed by atoms with van der Waals surface area (Å²) in [6, 6.07) is -0.236. The second-order valence-corrected chi connectivity index (χ2v) is 3.00. The first kappa shape index (κ1) is 6.46. The lowest BCUT2D eigenvalue weighted by Gasteiger charge is -2.07. The zero-order valence-corrected chi connectivity index (χ0v) is 5.28. The highest BCUT2D eigenvalue weighted by Crippen LogP contribution is 2.54. The number of rotatable bonds is 0. The molecule has 1 N–H and O–H groups in total. The molecule has 1 saturated carbocycles. The minimum Gasteiger partial charge on any atom is -0.313 e. The van der Waals surface area contributed by atoms with E-state index in [9.17, 15) is 13.2 Å². The standard InChI is InChI=1S/C6H8F3N/c7-6(8,9)4-3-1-2-10-5(3)4/h3-5,10H,1-2H2/t3-,4-,5-/m1/s1. The molecule has 1 aliphatic heterocycles. The molecule has 2 aliphatic rings. The van der Waals surface area contributed by atoms with Crippen molar-refractivity contribution in [3.63, 3.8) is 0 Å². The van der Waals surface area contributed by atoms with E-state index >= 15 is 0 Å². The van der Waals surface area contributed by atoms with Crippen LogP contribution in [0.3, 0.4) is 0 Å². The molecule has 10 heavy (non-hydrogen) atoms. The summed E-state index contributed by atoms with van der Waals surface area (Å²) in [6.07, 6.45) is -3.25. The van der Waals surface area contributed by atoms with Gasteiger partial charge in [-0.3, -0.25) is 0 Å². The molecule has 0 aromatic heterocycles. The van der Waals surface area contributed by atoms with E-state index in [1.807, 2.05) is 0 Å². The van der Waals surface area contributed by atoms with Gasteiger partial charge in [0.05, 0.1) is 5.92 Å². The maximum atomic E-state index is 11.9. The Bertz CT molecular complexity index is 144. The molecular weight excluding hydrogens is 143 g/mol. The fourth-order valence-electron chi connectivity index (χ4n) is 1.87. The van der Waals surface area contributed by atoms with Gasteiger partial charge in [0.25, 0.3) is 0 Å². The quantitative estimate of drug-likeness (QED) is 0.547. The normalized spacial score (nSPS) is 45.3. The van der Waals surface area contributed by atoms with Crippen molar-refractivity contribution in [2.24, 2.45) is 11.8 Å². The first-order valence-corrected chi connectivity index (χ1v) is 3.41. The van der Waals surface area contributed by atoms with Crippen LogP contribution >= 0.6 is 0 Å². The molecule has 1 saturated heterocycles. The van der Waals surface area contributed by atoms with Gasteiger partial charge in [0.1, 0.15) is 0 Å². The van der Waals surface area contributed by atoms with Gasteiger partial charge >= 0.3 is 6.18 Å². The van der Waals surface area contributed by atoms with Gasteiger partial charge in [-0.25, -0.2) is 0 Å². The summed E-state index contributed by atoms with van der Waals surface area (Å²) in [4.78, 5) is 0. The van der Waals surface area contributed by atoms with Crippen LogP contribution in [-0.2, 0) is 0 Å². The van der Waals surface area contributed by atoms with Crippen LogP contribution in [0.25, 0.3) is 0 Å². The van der Waals surface area contributed by atoms with Crippen LogP contribution in [0.2, 0.25) is 0 Å². The Morgan fingerprint density at radius 2 is 2.00 bits per heavy atom. The average molecular weight is 151 g/mol. The Morgan fingerprint density at radius 3 is 2.30 bits per heavy atom. The number of fused-ring (bicyclic) bond motifs is 1. The minimum atomic E-state index is -3.96. The molecular formula is C6H8F3N. The largest absolute Gasteiger partial charge is 0.393 e. The molecule has 2 rings (SSSR count). The first-order chi connectivity index (χ1) is 4.61. The summed E-state index contributed by atoms with van der Waals surface area (Å²) >= 11 is 0. The Morgan fingerprint density at radius 1 is 1.30 bits per heavy atom. The summed E-state index contributed by atoms with van der Waals surface area (Å²) < 4.78 is 35.8. The van der Waals surface area contributed by atoms with Crippen molar-refractivity contribution in [3.05, 3.63) is 0 Å². The number of piperidine rings is 1. The van der Waals surface area contributed by atoms with E-state index in [-0.39, 0.29) is 12.0 Å². The zero-order valence-electron chi connectivity index (χ0n) is 5.28. The van der Waals surface area contributed by atoms with Crippen molar-refractivity contribution >= 4 is 0 Å². The third-order valence-corrected chi connectivity index (χ3v) is 2.40. The lowest BCUT2D eigenvalue weighted by atomic mass is 10.2.